The van der Waals surface area contributed by atoms with Crippen LogP contribution in [0.2, 0.25) is 0 Å². The maximum Gasteiger partial charge on any atom is 0.216 e. The Morgan fingerprint density at radius 3 is 2.29 bits per heavy atom. The van der Waals surface area contributed by atoms with Gasteiger partial charge in [-0.25, -0.2) is 8.42 Å². The number of sulfone groups is 1. The number of allylic oxidation sites excluding steroid dienone is 1. The fourth-order valence-corrected chi connectivity index (χ4v) is 3.45. The molecule has 0 aliphatic carbocycles. The Bertz CT molecular complexity index is 1010. The van der Waals surface area contributed by atoms with E-state index in [1.165, 1.54) is 24.4 Å². The molecule has 0 bridgehead atoms. The molecule has 3 aromatic rings. The highest BCUT2D eigenvalue weighted by atomic mass is 32.2. The zero-order valence-corrected chi connectivity index (χ0v) is 13.4. The van der Waals surface area contributed by atoms with E-state index < -0.39 is 9.84 Å². The van der Waals surface area contributed by atoms with Crippen LogP contribution in [0.15, 0.2) is 76.7 Å². The second-order valence-corrected chi connectivity index (χ2v) is 6.92. The lowest BCUT2D eigenvalue weighted by Gasteiger charge is -2.03. The van der Waals surface area contributed by atoms with Gasteiger partial charge in [0, 0.05) is 11.1 Å². The fourth-order valence-electron chi connectivity index (χ4n) is 2.28. The van der Waals surface area contributed by atoms with Gasteiger partial charge in [0.1, 0.15) is 11.0 Å². The number of aromatic nitrogens is 2. The quantitative estimate of drug-likeness (QED) is 0.740. The van der Waals surface area contributed by atoms with Crippen molar-refractivity contribution in [2.75, 3.05) is 0 Å². The zero-order chi connectivity index (χ0) is 17.0. The molecular weight excluding hydrogens is 322 g/mol. The number of rotatable bonds is 4. The van der Waals surface area contributed by atoms with Crippen LogP contribution >= 0.6 is 0 Å². The summed E-state index contributed by atoms with van der Waals surface area (Å²) in [6.45, 7) is 0. The van der Waals surface area contributed by atoms with Gasteiger partial charge in [0.25, 0.3) is 0 Å². The van der Waals surface area contributed by atoms with E-state index in [9.17, 15) is 13.7 Å². The first kappa shape index (κ1) is 15.7. The highest BCUT2D eigenvalue weighted by Gasteiger charge is 2.21. The van der Waals surface area contributed by atoms with E-state index in [4.69, 9.17) is 0 Å². The molecule has 2 aromatic carbocycles. The van der Waals surface area contributed by atoms with Crippen LogP contribution in [0.5, 0.6) is 0 Å². The average molecular weight is 335 g/mol. The predicted molar refractivity (Wildman–Crippen MR) is 91.2 cm³/mol. The van der Waals surface area contributed by atoms with Crippen molar-refractivity contribution in [3.05, 3.63) is 77.3 Å². The topological polar surface area (TPSA) is 86.6 Å². The fraction of sp³-hybridized carbons (Fsp3) is 0. The van der Waals surface area contributed by atoms with Crippen molar-refractivity contribution >= 4 is 15.9 Å². The molecule has 0 atom stereocenters. The van der Waals surface area contributed by atoms with E-state index in [2.05, 4.69) is 10.2 Å². The molecule has 0 spiro atoms. The number of hydrogen-bond donors (Lipinski definition) is 1. The van der Waals surface area contributed by atoms with Crippen molar-refractivity contribution < 1.29 is 8.42 Å². The second-order valence-electron chi connectivity index (χ2n) is 5.00. The van der Waals surface area contributed by atoms with Crippen molar-refractivity contribution in [1.29, 1.82) is 5.26 Å². The van der Waals surface area contributed by atoms with Crippen molar-refractivity contribution in [2.45, 2.75) is 4.90 Å². The van der Waals surface area contributed by atoms with Gasteiger partial charge >= 0.3 is 0 Å². The molecule has 0 aliphatic heterocycles. The van der Waals surface area contributed by atoms with Gasteiger partial charge in [-0.15, -0.1) is 0 Å². The molecular formula is C18H13N3O2S. The minimum Gasteiger partial charge on any atom is -0.277 e. The highest BCUT2D eigenvalue weighted by molar-refractivity contribution is 7.95. The first-order chi connectivity index (χ1) is 11.6. The third-order valence-corrected chi connectivity index (χ3v) is 5.15. The van der Waals surface area contributed by atoms with Gasteiger partial charge in [-0.05, 0) is 18.2 Å². The summed E-state index contributed by atoms with van der Waals surface area (Å²) in [5.41, 5.74) is 2.06. The molecule has 0 unspecified atom stereocenters. The third kappa shape index (κ3) is 2.98. The Balaban J connectivity index is 2.08. The lowest BCUT2D eigenvalue weighted by molar-refractivity contribution is 0.603. The molecule has 0 fully saturated rings. The molecule has 0 amide bonds. The minimum absolute atomic E-state index is 0.0857. The first-order valence-corrected chi connectivity index (χ1v) is 8.62. The van der Waals surface area contributed by atoms with E-state index >= 15 is 0 Å². The standard InChI is InChI=1S/C18H13N3O2S/c19-12-17(24(22,23)16-9-5-2-6-10-16)11-15-13-20-21-18(15)14-7-3-1-4-8-14/h1-11,13H,(H,20,21)/b17-11+. The van der Waals surface area contributed by atoms with Gasteiger partial charge in [-0.2, -0.15) is 10.4 Å². The molecule has 0 saturated carbocycles. The summed E-state index contributed by atoms with van der Waals surface area (Å²) in [6, 6.07) is 19.1. The Hall–Kier alpha value is -3.17. The Morgan fingerprint density at radius 2 is 1.67 bits per heavy atom. The number of nitriles is 1. The van der Waals surface area contributed by atoms with E-state index in [-0.39, 0.29) is 9.80 Å². The van der Waals surface area contributed by atoms with Crippen molar-refractivity contribution in [3.8, 4) is 17.3 Å². The summed E-state index contributed by atoms with van der Waals surface area (Å²) >= 11 is 0. The number of nitrogens with one attached hydrogen (secondary N) is 1. The number of aromatic amines is 1. The van der Waals surface area contributed by atoms with Gasteiger partial charge in [-0.3, -0.25) is 5.10 Å². The Morgan fingerprint density at radius 1 is 1.04 bits per heavy atom. The smallest absolute Gasteiger partial charge is 0.216 e. The molecule has 0 aliphatic rings. The molecule has 5 nitrogen and oxygen atoms in total. The summed E-state index contributed by atoms with van der Waals surface area (Å²) < 4.78 is 25.2. The lowest BCUT2D eigenvalue weighted by Crippen LogP contribution is -2.03. The van der Waals surface area contributed by atoms with E-state index in [1.807, 2.05) is 30.3 Å². The predicted octanol–water partition coefficient (Wildman–Crippen LogP) is 3.42. The molecule has 6 heteroatoms. The normalized spacial score (nSPS) is 11.9. The average Bonchev–Trinajstić information content (AvgIpc) is 3.09. The molecule has 0 radical (unpaired) electrons. The van der Waals surface area contributed by atoms with Gasteiger partial charge in [-0.1, -0.05) is 48.5 Å². The summed E-state index contributed by atoms with van der Waals surface area (Å²) in [6.07, 6.45) is 2.84. The molecule has 3 rings (SSSR count). The number of H-pyrrole nitrogens is 1. The van der Waals surface area contributed by atoms with Gasteiger partial charge in [0.15, 0.2) is 0 Å². The van der Waals surface area contributed by atoms with E-state index in [1.54, 1.807) is 24.3 Å². The van der Waals surface area contributed by atoms with Crippen LogP contribution in [0.1, 0.15) is 5.56 Å². The van der Waals surface area contributed by atoms with Crippen LogP contribution in [0.3, 0.4) is 0 Å². The Kier molecular flexibility index (Phi) is 4.27. The van der Waals surface area contributed by atoms with E-state index in [0.29, 0.717) is 11.3 Å². The first-order valence-electron chi connectivity index (χ1n) is 7.13. The largest absolute Gasteiger partial charge is 0.277 e. The molecule has 118 valence electrons. The monoisotopic (exact) mass is 335 g/mol. The maximum absolute atomic E-state index is 12.6. The number of hydrogen-bond acceptors (Lipinski definition) is 4. The third-order valence-electron chi connectivity index (χ3n) is 3.47. The summed E-state index contributed by atoms with van der Waals surface area (Å²) in [5.74, 6) is 0. The molecule has 0 saturated heterocycles. The van der Waals surface area contributed by atoms with Crippen LogP contribution in [-0.4, -0.2) is 18.6 Å². The zero-order valence-electron chi connectivity index (χ0n) is 12.5. The SMILES string of the molecule is N#C/C(=C\c1cn[nH]c1-c1ccccc1)S(=O)(=O)c1ccccc1. The second kappa shape index (κ2) is 6.52. The van der Waals surface area contributed by atoms with Crippen LogP contribution < -0.4 is 0 Å². The van der Waals surface area contributed by atoms with Crippen LogP contribution in [0.4, 0.5) is 0 Å². The maximum atomic E-state index is 12.6. The number of benzene rings is 2. The molecule has 1 N–H and O–H groups in total. The number of nitrogens with zero attached hydrogens (tertiary/aromatic N) is 2. The highest BCUT2D eigenvalue weighted by Crippen LogP contribution is 2.26. The molecule has 24 heavy (non-hydrogen) atoms. The summed E-state index contributed by atoms with van der Waals surface area (Å²) in [7, 11) is -3.87. The Labute approximate surface area is 139 Å². The molecule has 1 heterocycles. The van der Waals surface area contributed by atoms with Crippen molar-refractivity contribution in [3.63, 3.8) is 0 Å². The van der Waals surface area contributed by atoms with Crippen LogP contribution in [0.25, 0.3) is 17.3 Å². The summed E-state index contributed by atoms with van der Waals surface area (Å²) in [5, 5.41) is 16.2. The van der Waals surface area contributed by atoms with E-state index in [0.717, 1.165) is 5.56 Å². The van der Waals surface area contributed by atoms with Gasteiger partial charge in [0.05, 0.1) is 16.8 Å². The molecule has 1 aromatic heterocycles. The minimum atomic E-state index is -3.87. The van der Waals surface area contributed by atoms with Crippen molar-refractivity contribution in [1.82, 2.24) is 10.2 Å². The van der Waals surface area contributed by atoms with Crippen LogP contribution in [0, 0.1) is 11.3 Å². The van der Waals surface area contributed by atoms with Gasteiger partial charge < -0.3 is 0 Å². The van der Waals surface area contributed by atoms with Crippen molar-refractivity contribution in [2.24, 2.45) is 0 Å². The van der Waals surface area contributed by atoms with Gasteiger partial charge in [0.2, 0.25) is 9.84 Å². The summed E-state index contributed by atoms with van der Waals surface area (Å²) in [4.78, 5) is -0.241. The van der Waals surface area contributed by atoms with Crippen LogP contribution in [-0.2, 0) is 9.84 Å². The lowest BCUT2D eigenvalue weighted by atomic mass is 10.1.